The van der Waals surface area contributed by atoms with Gasteiger partial charge in [0.2, 0.25) is 0 Å². The van der Waals surface area contributed by atoms with E-state index < -0.39 is 0 Å². The van der Waals surface area contributed by atoms with Gasteiger partial charge in [-0.2, -0.15) is 5.10 Å². The van der Waals surface area contributed by atoms with Gasteiger partial charge in [-0.1, -0.05) is 0 Å². The maximum atomic E-state index is 12.6. The summed E-state index contributed by atoms with van der Waals surface area (Å²) in [6.45, 7) is 7.71. The number of carbonyl (C=O) groups is 1. The SMILES string of the molecule is COCCN(Cc1ccc(C)s1)C(=O)N[C@H](C)Cc1cc(C)[nH]n1. The number of urea groups is 1. The Morgan fingerprint density at radius 3 is 2.83 bits per heavy atom. The van der Waals surface area contributed by atoms with Crippen LogP contribution < -0.4 is 5.32 Å². The van der Waals surface area contributed by atoms with Crippen LogP contribution in [0.15, 0.2) is 18.2 Å². The third-order valence-electron chi connectivity index (χ3n) is 3.64. The fraction of sp³-hybridized carbons (Fsp3) is 0.529. The summed E-state index contributed by atoms with van der Waals surface area (Å²) in [5.41, 5.74) is 1.98. The Morgan fingerprint density at radius 2 is 2.25 bits per heavy atom. The summed E-state index contributed by atoms with van der Waals surface area (Å²) >= 11 is 1.71. The highest BCUT2D eigenvalue weighted by atomic mass is 32.1. The molecule has 0 fully saturated rings. The summed E-state index contributed by atoms with van der Waals surface area (Å²) in [6.07, 6.45) is 0.701. The van der Waals surface area contributed by atoms with Crippen molar-refractivity contribution < 1.29 is 9.53 Å². The molecule has 132 valence electrons. The largest absolute Gasteiger partial charge is 0.383 e. The molecular weight excluding hydrogens is 324 g/mol. The van der Waals surface area contributed by atoms with Gasteiger partial charge in [0.15, 0.2) is 0 Å². The van der Waals surface area contributed by atoms with Gasteiger partial charge >= 0.3 is 6.03 Å². The van der Waals surface area contributed by atoms with Crippen LogP contribution in [0.1, 0.15) is 28.1 Å². The second kappa shape index (κ2) is 8.84. The van der Waals surface area contributed by atoms with Crippen molar-refractivity contribution >= 4 is 17.4 Å². The number of hydrogen-bond donors (Lipinski definition) is 2. The molecule has 2 aromatic rings. The van der Waals surface area contributed by atoms with Gasteiger partial charge in [-0.3, -0.25) is 5.10 Å². The zero-order valence-electron chi connectivity index (χ0n) is 14.8. The zero-order valence-corrected chi connectivity index (χ0v) is 15.6. The number of rotatable bonds is 8. The molecule has 0 spiro atoms. The molecule has 0 aliphatic rings. The molecule has 0 aliphatic heterocycles. The van der Waals surface area contributed by atoms with Crippen molar-refractivity contribution in [2.24, 2.45) is 0 Å². The number of H-pyrrole nitrogens is 1. The number of nitrogens with one attached hydrogen (secondary N) is 2. The molecule has 2 amide bonds. The van der Waals surface area contributed by atoms with Crippen LogP contribution in [0.3, 0.4) is 0 Å². The molecule has 0 bridgehead atoms. The Labute approximate surface area is 147 Å². The van der Waals surface area contributed by atoms with Crippen LogP contribution >= 0.6 is 11.3 Å². The first kappa shape index (κ1) is 18.5. The van der Waals surface area contributed by atoms with E-state index in [2.05, 4.69) is 34.6 Å². The third-order valence-corrected chi connectivity index (χ3v) is 4.62. The van der Waals surface area contributed by atoms with Gasteiger partial charge in [-0.05, 0) is 39.0 Å². The molecule has 2 N–H and O–H groups in total. The van der Waals surface area contributed by atoms with Crippen molar-refractivity contribution in [3.8, 4) is 0 Å². The predicted molar refractivity (Wildman–Crippen MR) is 96.4 cm³/mol. The number of aryl methyl sites for hydroxylation is 2. The van der Waals surface area contributed by atoms with Gasteiger partial charge in [-0.25, -0.2) is 4.79 Å². The Kier molecular flexibility index (Phi) is 6.81. The molecule has 0 aliphatic carbocycles. The van der Waals surface area contributed by atoms with Gasteiger partial charge in [0, 0.05) is 41.6 Å². The van der Waals surface area contributed by atoms with Crippen molar-refractivity contribution in [3.05, 3.63) is 39.3 Å². The minimum atomic E-state index is -0.0714. The van der Waals surface area contributed by atoms with E-state index in [-0.39, 0.29) is 12.1 Å². The molecular formula is C17H26N4O2S. The molecule has 1 atom stereocenters. The highest BCUT2D eigenvalue weighted by Gasteiger charge is 2.17. The molecule has 24 heavy (non-hydrogen) atoms. The van der Waals surface area contributed by atoms with E-state index in [4.69, 9.17) is 4.74 Å². The van der Waals surface area contributed by atoms with Gasteiger partial charge in [0.1, 0.15) is 0 Å². The quantitative estimate of drug-likeness (QED) is 0.769. The average molecular weight is 350 g/mol. The lowest BCUT2D eigenvalue weighted by Crippen LogP contribution is -2.45. The second-order valence-corrected chi connectivity index (χ2v) is 7.40. The molecule has 6 nitrogen and oxygen atoms in total. The standard InChI is InChI=1S/C17H26N4O2S/c1-12(9-15-10-13(2)19-20-15)18-17(22)21(7-8-23-4)11-16-6-5-14(3)24-16/h5-6,10,12H,7-9,11H2,1-4H3,(H,18,22)(H,19,20)/t12-/m1/s1. The monoisotopic (exact) mass is 350 g/mol. The lowest BCUT2D eigenvalue weighted by Gasteiger charge is -2.24. The van der Waals surface area contributed by atoms with E-state index in [1.807, 2.05) is 19.9 Å². The van der Waals surface area contributed by atoms with Crippen molar-refractivity contribution in [3.63, 3.8) is 0 Å². The molecule has 7 heteroatoms. The second-order valence-electron chi connectivity index (χ2n) is 6.02. The Hall–Kier alpha value is -1.86. The molecule has 2 heterocycles. The van der Waals surface area contributed by atoms with Gasteiger partial charge in [0.05, 0.1) is 18.8 Å². The fourth-order valence-electron chi connectivity index (χ4n) is 2.46. The van der Waals surface area contributed by atoms with E-state index in [0.717, 1.165) is 11.4 Å². The summed E-state index contributed by atoms with van der Waals surface area (Å²) in [5, 5.41) is 10.2. The van der Waals surface area contributed by atoms with E-state index in [1.165, 1.54) is 9.75 Å². The summed E-state index contributed by atoms with van der Waals surface area (Å²) in [5.74, 6) is 0. The molecule has 0 aromatic carbocycles. The maximum absolute atomic E-state index is 12.6. The Bertz CT molecular complexity index is 653. The molecule has 2 rings (SSSR count). The number of methoxy groups -OCH3 is 1. The first-order valence-corrected chi connectivity index (χ1v) is 8.90. The first-order chi connectivity index (χ1) is 11.5. The molecule has 2 aromatic heterocycles. The topological polar surface area (TPSA) is 70.2 Å². The number of aromatic amines is 1. The fourth-order valence-corrected chi connectivity index (χ4v) is 3.36. The molecule has 0 radical (unpaired) electrons. The first-order valence-electron chi connectivity index (χ1n) is 8.08. The molecule has 0 unspecified atom stereocenters. The van der Waals surface area contributed by atoms with Crippen LogP contribution in [0, 0.1) is 13.8 Å². The maximum Gasteiger partial charge on any atom is 0.318 e. The van der Waals surface area contributed by atoms with Crippen LogP contribution in [0.25, 0.3) is 0 Å². The van der Waals surface area contributed by atoms with Crippen LogP contribution in [-0.2, 0) is 17.7 Å². The summed E-state index contributed by atoms with van der Waals surface area (Å²) in [4.78, 5) is 16.8. The van der Waals surface area contributed by atoms with Crippen LogP contribution in [0.4, 0.5) is 4.79 Å². The highest BCUT2D eigenvalue weighted by Crippen LogP contribution is 2.17. The van der Waals surface area contributed by atoms with Crippen LogP contribution in [0.5, 0.6) is 0 Å². The number of nitrogens with zero attached hydrogens (tertiary/aromatic N) is 2. The number of thiophene rings is 1. The van der Waals surface area contributed by atoms with Gasteiger partial charge in [-0.15, -0.1) is 11.3 Å². The number of ether oxygens (including phenoxy) is 1. The Balaban J connectivity index is 1.92. The van der Waals surface area contributed by atoms with E-state index in [0.29, 0.717) is 26.1 Å². The van der Waals surface area contributed by atoms with Crippen LogP contribution in [0.2, 0.25) is 0 Å². The number of aromatic nitrogens is 2. The predicted octanol–water partition coefficient (Wildman–Crippen LogP) is 2.88. The summed E-state index contributed by atoms with van der Waals surface area (Å²) in [7, 11) is 1.65. The van der Waals surface area contributed by atoms with Crippen molar-refractivity contribution in [1.29, 1.82) is 0 Å². The third kappa shape index (κ3) is 5.65. The smallest absolute Gasteiger partial charge is 0.318 e. The van der Waals surface area contributed by atoms with Crippen molar-refractivity contribution in [2.45, 2.75) is 39.8 Å². The van der Waals surface area contributed by atoms with E-state index >= 15 is 0 Å². The Morgan fingerprint density at radius 1 is 1.46 bits per heavy atom. The van der Waals surface area contributed by atoms with Crippen molar-refractivity contribution in [2.75, 3.05) is 20.3 Å². The van der Waals surface area contributed by atoms with E-state index in [1.54, 1.807) is 23.3 Å². The van der Waals surface area contributed by atoms with Crippen molar-refractivity contribution in [1.82, 2.24) is 20.4 Å². The van der Waals surface area contributed by atoms with Gasteiger partial charge in [0.25, 0.3) is 0 Å². The number of amides is 2. The average Bonchev–Trinajstić information content (AvgIpc) is 3.11. The molecule has 0 saturated heterocycles. The minimum Gasteiger partial charge on any atom is -0.383 e. The van der Waals surface area contributed by atoms with Gasteiger partial charge < -0.3 is 15.0 Å². The summed E-state index contributed by atoms with van der Waals surface area (Å²) in [6, 6.07) is 6.09. The lowest BCUT2D eigenvalue weighted by molar-refractivity contribution is 0.145. The number of hydrogen-bond acceptors (Lipinski definition) is 4. The zero-order chi connectivity index (χ0) is 17.5. The van der Waals surface area contributed by atoms with E-state index in [9.17, 15) is 4.79 Å². The highest BCUT2D eigenvalue weighted by molar-refractivity contribution is 7.11. The molecule has 0 saturated carbocycles. The minimum absolute atomic E-state index is 0.00955. The normalized spacial score (nSPS) is 12.2. The van der Waals surface area contributed by atoms with Crippen LogP contribution in [-0.4, -0.2) is 47.4 Å². The lowest BCUT2D eigenvalue weighted by atomic mass is 10.2. The number of carbonyl (C=O) groups excluding carboxylic acids is 1. The summed E-state index contributed by atoms with van der Waals surface area (Å²) < 4.78 is 5.14.